The lowest BCUT2D eigenvalue weighted by Crippen LogP contribution is -2.45. The molecule has 0 radical (unpaired) electrons. The van der Waals surface area contributed by atoms with Gasteiger partial charge in [-0.05, 0) is 19.3 Å². The highest BCUT2D eigenvalue weighted by Crippen LogP contribution is 2.43. The first-order valence-corrected chi connectivity index (χ1v) is 19.3. The fraction of sp³-hybridized carbons (Fsp3) is 0.912. The molecule has 0 aliphatic carbocycles. The van der Waals surface area contributed by atoms with Crippen molar-refractivity contribution in [2.45, 2.75) is 180 Å². The smallest absolute Gasteiger partial charge is 0.387 e. The number of rotatable bonds is 33. The molecule has 0 aromatic rings. The Hall–Kier alpha value is -0.760. The molecular weight excluding hydrogens is 563 g/mol. The molecule has 0 spiro atoms. The lowest BCUT2D eigenvalue weighted by atomic mass is 10.0. The number of hydrogen-bond donors (Lipinski definition) is 4. The van der Waals surface area contributed by atoms with Gasteiger partial charge in [-0.15, -0.1) is 0 Å². The molecule has 5 N–H and O–H groups in total. The summed E-state index contributed by atoms with van der Waals surface area (Å²) < 4.78 is 21.9. The summed E-state index contributed by atoms with van der Waals surface area (Å²) >= 11 is 0. The molecule has 0 bridgehead atoms. The van der Waals surface area contributed by atoms with Crippen LogP contribution in [-0.2, 0) is 18.4 Å². The van der Waals surface area contributed by atoms with Gasteiger partial charge in [0.05, 0.1) is 25.4 Å². The number of phosphoric ester groups is 1. The summed E-state index contributed by atoms with van der Waals surface area (Å²) in [5.41, 5.74) is 5.34. The van der Waals surface area contributed by atoms with E-state index in [-0.39, 0.29) is 25.7 Å². The third-order valence-corrected chi connectivity index (χ3v) is 8.85. The van der Waals surface area contributed by atoms with E-state index in [2.05, 4.69) is 19.2 Å². The van der Waals surface area contributed by atoms with Crippen LogP contribution in [0.15, 0.2) is 12.2 Å². The van der Waals surface area contributed by atoms with Gasteiger partial charge in [-0.1, -0.05) is 154 Å². The van der Waals surface area contributed by atoms with E-state index in [9.17, 15) is 19.4 Å². The Labute approximate surface area is 265 Å². The molecule has 43 heavy (non-hydrogen) atoms. The van der Waals surface area contributed by atoms with Crippen LogP contribution in [0.4, 0.5) is 0 Å². The van der Waals surface area contributed by atoms with Crippen molar-refractivity contribution in [3.8, 4) is 0 Å². The van der Waals surface area contributed by atoms with Crippen LogP contribution in [0.5, 0.6) is 0 Å². The third kappa shape index (κ3) is 29.7. The van der Waals surface area contributed by atoms with Gasteiger partial charge < -0.3 is 21.1 Å². The van der Waals surface area contributed by atoms with Crippen LogP contribution in [0.1, 0.15) is 168 Å². The number of hydrogen-bond acceptors (Lipinski definition) is 6. The van der Waals surface area contributed by atoms with E-state index >= 15 is 0 Å². The highest BCUT2D eigenvalue weighted by Gasteiger charge is 2.26. The molecule has 0 saturated heterocycles. The molecule has 0 aromatic carbocycles. The molecule has 0 fully saturated rings. The van der Waals surface area contributed by atoms with E-state index in [4.69, 9.17) is 14.8 Å². The number of carbonyl (C=O) groups excluding carboxylic acids is 1. The third-order valence-electron chi connectivity index (χ3n) is 7.86. The SMILES string of the molecule is CCCCCCCCCC/C=C/[C@@H](O)[C@H](COP(=O)(O)OCCN)NC(=O)CCCCCCCCCCCCCCCC. The van der Waals surface area contributed by atoms with Crippen LogP contribution in [0.25, 0.3) is 0 Å². The fourth-order valence-electron chi connectivity index (χ4n) is 5.13. The highest BCUT2D eigenvalue weighted by atomic mass is 31.2. The van der Waals surface area contributed by atoms with Crippen LogP contribution >= 0.6 is 7.82 Å². The number of nitrogens with one attached hydrogen (secondary N) is 1. The second-order valence-corrected chi connectivity index (χ2v) is 13.5. The molecule has 1 amide bonds. The largest absolute Gasteiger partial charge is 0.472 e. The first-order chi connectivity index (χ1) is 20.9. The maximum Gasteiger partial charge on any atom is 0.472 e. The number of aliphatic hydroxyl groups is 1. The van der Waals surface area contributed by atoms with Crippen molar-refractivity contribution in [3.63, 3.8) is 0 Å². The van der Waals surface area contributed by atoms with E-state index in [1.165, 1.54) is 109 Å². The normalized spacial score (nSPS) is 14.6. The summed E-state index contributed by atoms with van der Waals surface area (Å²) in [6, 6.07) is -0.851. The quantitative estimate of drug-likeness (QED) is 0.0323. The maximum atomic E-state index is 12.6. The molecule has 1 unspecified atom stereocenters. The Morgan fingerprint density at radius 2 is 1.19 bits per heavy atom. The zero-order valence-electron chi connectivity index (χ0n) is 28.0. The van der Waals surface area contributed by atoms with E-state index in [1.807, 2.05) is 6.08 Å². The lowest BCUT2D eigenvalue weighted by Gasteiger charge is -2.23. The van der Waals surface area contributed by atoms with Crippen molar-refractivity contribution >= 4 is 13.7 Å². The summed E-state index contributed by atoms with van der Waals surface area (Å²) in [4.78, 5) is 22.5. The predicted molar refractivity (Wildman–Crippen MR) is 180 cm³/mol. The average molecular weight is 633 g/mol. The summed E-state index contributed by atoms with van der Waals surface area (Å²) in [6.45, 7) is 4.10. The number of carbonyl (C=O) groups is 1. The molecule has 0 aliphatic rings. The van der Waals surface area contributed by atoms with Gasteiger partial charge in [0, 0.05) is 13.0 Å². The molecule has 3 atom stereocenters. The molecular formula is C34H69N2O6P. The van der Waals surface area contributed by atoms with Crippen molar-refractivity contribution in [2.24, 2.45) is 5.73 Å². The van der Waals surface area contributed by atoms with Gasteiger partial charge in [-0.3, -0.25) is 13.8 Å². The minimum absolute atomic E-state index is 0.0807. The van der Waals surface area contributed by atoms with Gasteiger partial charge >= 0.3 is 7.82 Å². The van der Waals surface area contributed by atoms with Crippen LogP contribution in [0.2, 0.25) is 0 Å². The van der Waals surface area contributed by atoms with E-state index in [0.29, 0.717) is 6.42 Å². The minimum Gasteiger partial charge on any atom is -0.387 e. The zero-order valence-corrected chi connectivity index (χ0v) is 28.8. The maximum absolute atomic E-state index is 12.6. The zero-order chi connectivity index (χ0) is 31.9. The first kappa shape index (κ1) is 42.2. The van der Waals surface area contributed by atoms with Crippen molar-refractivity contribution in [2.75, 3.05) is 19.8 Å². The van der Waals surface area contributed by atoms with Gasteiger partial charge in [0.15, 0.2) is 0 Å². The number of allylic oxidation sites excluding steroid dienone is 1. The minimum atomic E-state index is -4.32. The van der Waals surface area contributed by atoms with Crippen LogP contribution in [-0.4, -0.2) is 47.8 Å². The predicted octanol–water partition coefficient (Wildman–Crippen LogP) is 8.88. The van der Waals surface area contributed by atoms with Gasteiger partial charge in [0.2, 0.25) is 5.91 Å². The Morgan fingerprint density at radius 1 is 0.744 bits per heavy atom. The average Bonchev–Trinajstić information content (AvgIpc) is 2.99. The number of unbranched alkanes of at least 4 members (excludes halogenated alkanes) is 21. The van der Waals surface area contributed by atoms with E-state index < -0.39 is 20.0 Å². The molecule has 0 aliphatic heterocycles. The second kappa shape index (κ2) is 31.2. The molecule has 0 heterocycles. The monoisotopic (exact) mass is 632 g/mol. The number of amides is 1. The van der Waals surface area contributed by atoms with Gasteiger partial charge in [0.25, 0.3) is 0 Å². The van der Waals surface area contributed by atoms with Crippen molar-refractivity contribution in [1.82, 2.24) is 5.32 Å². The molecule has 0 saturated carbocycles. The summed E-state index contributed by atoms with van der Waals surface area (Å²) in [5, 5.41) is 13.5. The number of aliphatic hydroxyl groups excluding tert-OH is 1. The molecule has 0 aromatic heterocycles. The molecule has 8 nitrogen and oxygen atoms in total. The number of phosphoric acid groups is 1. The fourth-order valence-corrected chi connectivity index (χ4v) is 5.89. The van der Waals surface area contributed by atoms with Gasteiger partial charge in [-0.2, -0.15) is 0 Å². The summed E-state index contributed by atoms with van der Waals surface area (Å²) in [6.07, 6.45) is 31.1. The highest BCUT2D eigenvalue weighted by molar-refractivity contribution is 7.47. The van der Waals surface area contributed by atoms with Crippen molar-refractivity contribution < 1.29 is 28.4 Å². The van der Waals surface area contributed by atoms with Crippen molar-refractivity contribution in [1.29, 1.82) is 0 Å². The van der Waals surface area contributed by atoms with Crippen LogP contribution < -0.4 is 11.1 Å². The Balaban J connectivity index is 4.31. The topological polar surface area (TPSA) is 131 Å². The van der Waals surface area contributed by atoms with E-state index in [1.54, 1.807) is 6.08 Å². The number of nitrogens with two attached hydrogens (primary N) is 1. The van der Waals surface area contributed by atoms with Crippen LogP contribution in [0.3, 0.4) is 0 Å². The van der Waals surface area contributed by atoms with Gasteiger partial charge in [-0.25, -0.2) is 4.57 Å². The standard InChI is InChI=1S/C34H69N2O6P/c1-3-5-7-9-11-13-15-16-17-18-20-22-24-26-28-34(38)36-32(31-42-43(39,40)41-30-29-35)33(37)27-25-23-21-19-14-12-10-8-6-4-2/h25,27,32-33,37H,3-24,26,28-31,35H2,1-2H3,(H,36,38)(H,39,40)/b27-25+/t32-,33+/m0/s1. The summed E-state index contributed by atoms with van der Waals surface area (Å²) in [7, 11) is -4.32. The molecule has 256 valence electrons. The molecule has 9 heteroatoms. The van der Waals surface area contributed by atoms with Crippen LogP contribution in [0, 0.1) is 0 Å². The van der Waals surface area contributed by atoms with Crippen molar-refractivity contribution in [3.05, 3.63) is 12.2 Å². The van der Waals surface area contributed by atoms with E-state index in [0.717, 1.165) is 38.5 Å². The Morgan fingerprint density at radius 3 is 1.65 bits per heavy atom. The van der Waals surface area contributed by atoms with Gasteiger partial charge in [0.1, 0.15) is 0 Å². The first-order valence-electron chi connectivity index (χ1n) is 17.8. The molecule has 0 rings (SSSR count). The lowest BCUT2D eigenvalue weighted by molar-refractivity contribution is -0.123. The summed E-state index contributed by atoms with van der Waals surface area (Å²) in [5.74, 6) is -0.196. The Kier molecular flexibility index (Phi) is 30.7. The Bertz CT molecular complexity index is 694. The second-order valence-electron chi connectivity index (χ2n) is 12.1.